The third-order valence-electron chi connectivity index (χ3n) is 3.39. The van der Waals surface area contributed by atoms with Crippen molar-refractivity contribution in [2.45, 2.75) is 20.3 Å². The third-order valence-corrected chi connectivity index (χ3v) is 3.39. The maximum atomic E-state index is 12.3. The largest absolute Gasteiger partial charge is 0.465 e. The molecule has 0 spiro atoms. The number of esters is 1. The van der Waals surface area contributed by atoms with Gasteiger partial charge < -0.3 is 9.64 Å². The topological polar surface area (TPSA) is 46.6 Å². The van der Waals surface area contributed by atoms with Crippen LogP contribution in [0.3, 0.4) is 0 Å². The quantitative estimate of drug-likeness (QED) is 0.792. The lowest BCUT2D eigenvalue weighted by Crippen LogP contribution is -2.30. The molecule has 0 saturated carbocycles. The van der Waals surface area contributed by atoms with Crippen LogP contribution < -0.4 is 0 Å². The number of hydrogen-bond donors (Lipinski definition) is 0. The minimum absolute atomic E-state index is 0.00948. The molecule has 1 unspecified atom stereocenters. The molecule has 0 radical (unpaired) electrons. The molecule has 1 atom stereocenters. The fraction of sp³-hybridized carbons (Fsp3) is 0.500. The van der Waals surface area contributed by atoms with Crippen LogP contribution >= 0.6 is 0 Å². The highest BCUT2D eigenvalue weighted by atomic mass is 16.5. The van der Waals surface area contributed by atoms with E-state index in [1.807, 2.05) is 32.0 Å². The summed E-state index contributed by atoms with van der Waals surface area (Å²) in [5.41, 5.74) is 0.670. The highest BCUT2D eigenvalue weighted by Crippen LogP contribution is 2.20. The first-order valence-corrected chi connectivity index (χ1v) is 7.09. The van der Waals surface area contributed by atoms with E-state index in [1.54, 1.807) is 17.0 Å². The van der Waals surface area contributed by atoms with Gasteiger partial charge in [-0.05, 0) is 24.5 Å². The Morgan fingerprint density at radius 1 is 1.30 bits per heavy atom. The monoisotopic (exact) mass is 275 g/mol. The number of ether oxygens (including phenoxy) is 1. The Morgan fingerprint density at radius 2 is 2.00 bits per heavy atom. The fourth-order valence-electron chi connectivity index (χ4n) is 2.27. The van der Waals surface area contributed by atoms with Crippen molar-refractivity contribution in [2.75, 3.05) is 19.7 Å². The molecule has 0 aliphatic carbocycles. The zero-order chi connectivity index (χ0) is 14.5. The minimum Gasteiger partial charge on any atom is -0.465 e. The van der Waals surface area contributed by atoms with Crippen molar-refractivity contribution in [3.05, 3.63) is 35.9 Å². The summed E-state index contributed by atoms with van der Waals surface area (Å²) >= 11 is 0. The van der Waals surface area contributed by atoms with Crippen LogP contribution in [0.4, 0.5) is 0 Å². The molecular weight excluding hydrogens is 254 g/mol. The molecule has 0 bridgehead atoms. The van der Waals surface area contributed by atoms with Crippen LogP contribution in [0, 0.1) is 11.8 Å². The molecule has 0 aromatic heterocycles. The van der Waals surface area contributed by atoms with E-state index in [0.29, 0.717) is 37.6 Å². The van der Waals surface area contributed by atoms with Gasteiger partial charge in [-0.1, -0.05) is 32.0 Å². The van der Waals surface area contributed by atoms with E-state index in [1.165, 1.54) is 0 Å². The maximum absolute atomic E-state index is 12.3. The SMILES string of the molecule is CC(C)COC(=O)C1CCN(C(=O)c2ccccc2)C1. The van der Waals surface area contributed by atoms with E-state index >= 15 is 0 Å². The molecule has 1 aromatic rings. The van der Waals surface area contributed by atoms with Crippen molar-refractivity contribution in [1.29, 1.82) is 0 Å². The van der Waals surface area contributed by atoms with Crippen molar-refractivity contribution in [3.63, 3.8) is 0 Å². The van der Waals surface area contributed by atoms with E-state index in [2.05, 4.69) is 0 Å². The zero-order valence-electron chi connectivity index (χ0n) is 12.0. The molecule has 0 N–H and O–H groups in total. The Labute approximate surface area is 119 Å². The molecule has 1 amide bonds. The lowest BCUT2D eigenvalue weighted by atomic mass is 10.1. The summed E-state index contributed by atoms with van der Waals surface area (Å²) in [5.74, 6) is -0.0318. The number of likely N-dealkylation sites (tertiary alicyclic amines) is 1. The van der Waals surface area contributed by atoms with E-state index < -0.39 is 0 Å². The van der Waals surface area contributed by atoms with E-state index in [-0.39, 0.29) is 17.8 Å². The van der Waals surface area contributed by atoms with E-state index in [9.17, 15) is 9.59 Å². The number of carbonyl (C=O) groups excluding carboxylic acids is 2. The molecule has 1 fully saturated rings. The van der Waals surface area contributed by atoms with Gasteiger partial charge >= 0.3 is 5.97 Å². The summed E-state index contributed by atoms with van der Waals surface area (Å²) in [6, 6.07) is 9.17. The molecule has 1 aromatic carbocycles. The summed E-state index contributed by atoms with van der Waals surface area (Å²) in [6.07, 6.45) is 0.690. The molecule has 1 aliphatic rings. The molecule has 4 nitrogen and oxygen atoms in total. The highest BCUT2D eigenvalue weighted by molar-refractivity contribution is 5.94. The van der Waals surface area contributed by atoms with Gasteiger partial charge in [0.25, 0.3) is 5.91 Å². The number of benzene rings is 1. The van der Waals surface area contributed by atoms with Gasteiger partial charge in [0.15, 0.2) is 0 Å². The lowest BCUT2D eigenvalue weighted by molar-refractivity contribution is -0.149. The first kappa shape index (κ1) is 14.6. The molecule has 1 aliphatic heterocycles. The van der Waals surface area contributed by atoms with Crippen molar-refractivity contribution in [2.24, 2.45) is 11.8 Å². The molecule has 20 heavy (non-hydrogen) atoms. The molecule has 2 rings (SSSR count). The Hall–Kier alpha value is -1.84. The van der Waals surface area contributed by atoms with Crippen LogP contribution in [0.5, 0.6) is 0 Å². The van der Waals surface area contributed by atoms with Gasteiger partial charge in [-0.15, -0.1) is 0 Å². The summed E-state index contributed by atoms with van der Waals surface area (Å²) < 4.78 is 5.24. The number of hydrogen-bond acceptors (Lipinski definition) is 3. The predicted molar refractivity (Wildman–Crippen MR) is 76.2 cm³/mol. The first-order chi connectivity index (χ1) is 9.58. The molecule has 1 saturated heterocycles. The van der Waals surface area contributed by atoms with Crippen LogP contribution in [0.25, 0.3) is 0 Å². The number of rotatable bonds is 4. The van der Waals surface area contributed by atoms with Gasteiger partial charge in [0, 0.05) is 18.7 Å². The summed E-state index contributed by atoms with van der Waals surface area (Å²) in [5, 5.41) is 0. The second-order valence-corrected chi connectivity index (χ2v) is 5.63. The van der Waals surface area contributed by atoms with Crippen LogP contribution in [-0.2, 0) is 9.53 Å². The predicted octanol–water partition coefficient (Wildman–Crippen LogP) is 2.35. The maximum Gasteiger partial charge on any atom is 0.310 e. The number of nitrogens with zero attached hydrogens (tertiary/aromatic N) is 1. The minimum atomic E-state index is -0.179. The Balaban J connectivity index is 1.89. The second kappa shape index (κ2) is 6.55. The second-order valence-electron chi connectivity index (χ2n) is 5.63. The standard InChI is InChI=1S/C16H21NO3/c1-12(2)11-20-16(19)14-8-9-17(10-14)15(18)13-6-4-3-5-7-13/h3-7,12,14H,8-11H2,1-2H3. The van der Waals surface area contributed by atoms with E-state index in [0.717, 1.165) is 0 Å². The van der Waals surface area contributed by atoms with Gasteiger partial charge in [0.05, 0.1) is 12.5 Å². The first-order valence-electron chi connectivity index (χ1n) is 7.09. The van der Waals surface area contributed by atoms with Gasteiger partial charge in [0.1, 0.15) is 0 Å². The summed E-state index contributed by atoms with van der Waals surface area (Å²) in [6.45, 7) is 5.54. The molecule has 1 heterocycles. The third kappa shape index (κ3) is 3.59. The Morgan fingerprint density at radius 3 is 2.65 bits per heavy atom. The molecule has 108 valence electrons. The van der Waals surface area contributed by atoms with Gasteiger partial charge in [-0.25, -0.2) is 0 Å². The Bertz CT molecular complexity index is 470. The molecular formula is C16H21NO3. The van der Waals surface area contributed by atoms with Crippen molar-refractivity contribution >= 4 is 11.9 Å². The van der Waals surface area contributed by atoms with E-state index in [4.69, 9.17) is 4.74 Å². The van der Waals surface area contributed by atoms with Gasteiger partial charge in [-0.2, -0.15) is 0 Å². The van der Waals surface area contributed by atoms with Crippen LogP contribution in [0.1, 0.15) is 30.6 Å². The van der Waals surface area contributed by atoms with Crippen molar-refractivity contribution < 1.29 is 14.3 Å². The fourth-order valence-corrected chi connectivity index (χ4v) is 2.27. The van der Waals surface area contributed by atoms with Gasteiger partial charge in [0.2, 0.25) is 0 Å². The number of amides is 1. The average Bonchev–Trinajstić information content (AvgIpc) is 2.94. The summed E-state index contributed by atoms with van der Waals surface area (Å²) in [4.78, 5) is 25.9. The van der Waals surface area contributed by atoms with Crippen molar-refractivity contribution in [3.8, 4) is 0 Å². The lowest BCUT2D eigenvalue weighted by Gasteiger charge is -2.16. The highest BCUT2D eigenvalue weighted by Gasteiger charge is 2.32. The van der Waals surface area contributed by atoms with Crippen LogP contribution in [0.2, 0.25) is 0 Å². The van der Waals surface area contributed by atoms with Crippen molar-refractivity contribution in [1.82, 2.24) is 4.90 Å². The average molecular weight is 275 g/mol. The zero-order valence-corrected chi connectivity index (χ0v) is 12.0. The van der Waals surface area contributed by atoms with Crippen LogP contribution in [-0.4, -0.2) is 36.5 Å². The normalized spacial score (nSPS) is 18.4. The molecule has 4 heteroatoms. The van der Waals surface area contributed by atoms with Gasteiger partial charge in [-0.3, -0.25) is 9.59 Å². The van der Waals surface area contributed by atoms with Crippen LogP contribution in [0.15, 0.2) is 30.3 Å². The number of carbonyl (C=O) groups is 2. The smallest absolute Gasteiger partial charge is 0.310 e. The summed E-state index contributed by atoms with van der Waals surface area (Å²) in [7, 11) is 0. The Kier molecular flexibility index (Phi) is 4.77.